The minimum Gasteiger partial charge on any atom is -0.495 e. The van der Waals surface area contributed by atoms with Gasteiger partial charge in [0.1, 0.15) is 5.75 Å². The molecule has 0 bridgehead atoms. The number of ether oxygens (including phenoxy) is 1. The quantitative estimate of drug-likeness (QED) is 0.843. The van der Waals surface area contributed by atoms with Gasteiger partial charge in [-0.3, -0.25) is 9.97 Å². The molecule has 0 aliphatic heterocycles. The van der Waals surface area contributed by atoms with Crippen molar-refractivity contribution in [3.05, 3.63) is 54.1 Å². The molecule has 0 spiro atoms. The van der Waals surface area contributed by atoms with Gasteiger partial charge in [-0.1, -0.05) is 6.07 Å². The molecule has 2 N–H and O–H groups in total. The molecule has 82 valence electrons. The molecule has 0 fully saturated rings. The third-order valence-corrected chi connectivity index (χ3v) is 2.37. The second kappa shape index (κ2) is 4.72. The van der Waals surface area contributed by atoms with Gasteiger partial charge in [-0.25, -0.2) is 0 Å². The van der Waals surface area contributed by atoms with E-state index < -0.39 is 0 Å². The first kappa shape index (κ1) is 10.6. The molecular formula is C12H13N3O. The van der Waals surface area contributed by atoms with Crippen molar-refractivity contribution in [2.24, 2.45) is 5.73 Å². The summed E-state index contributed by atoms with van der Waals surface area (Å²) in [5.74, 6) is 0.705. The van der Waals surface area contributed by atoms with Gasteiger partial charge < -0.3 is 10.5 Å². The zero-order valence-corrected chi connectivity index (χ0v) is 9.00. The van der Waals surface area contributed by atoms with E-state index in [2.05, 4.69) is 9.97 Å². The summed E-state index contributed by atoms with van der Waals surface area (Å²) in [5.41, 5.74) is 7.97. The zero-order chi connectivity index (χ0) is 11.4. The SMILES string of the molecule is COc1cncc(C(N)c2cccnc2)c1. The first-order valence-corrected chi connectivity index (χ1v) is 4.95. The highest BCUT2D eigenvalue weighted by atomic mass is 16.5. The van der Waals surface area contributed by atoms with Crippen molar-refractivity contribution in [2.45, 2.75) is 6.04 Å². The van der Waals surface area contributed by atoms with Gasteiger partial charge in [0, 0.05) is 18.6 Å². The molecule has 4 heteroatoms. The monoisotopic (exact) mass is 215 g/mol. The number of nitrogens with zero attached hydrogens (tertiary/aromatic N) is 2. The number of aromatic nitrogens is 2. The Morgan fingerprint density at radius 2 is 2.00 bits per heavy atom. The summed E-state index contributed by atoms with van der Waals surface area (Å²) in [4.78, 5) is 8.12. The molecule has 0 aliphatic rings. The van der Waals surface area contributed by atoms with Crippen LogP contribution in [0.2, 0.25) is 0 Å². The second-order valence-corrected chi connectivity index (χ2v) is 3.42. The van der Waals surface area contributed by atoms with Gasteiger partial charge in [0.2, 0.25) is 0 Å². The van der Waals surface area contributed by atoms with Crippen LogP contribution in [0.5, 0.6) is 5.75 Å². The minimum atomic E-state index is -0.226. The lowest BCUT2D eigenvalue weighted by Gasteiger charge is -2.12. The number of hydrogen-bond acceptors (Lipinski definition) is 4. The lowest BCUT2D eigenvalue weighted by atomic mass is 10.0. The summed E-state index contributed by atoms with van der Waals surface area (Å²) in [6, 6.07) is 5.46. The van der Waals surface area contributed by atoms with Crippen LogP contribution in [0.25, 0.3) is 0 Å². The maximum Gasteiger partial charge on any atom is 0.137 e. The normalized spacial score (nSPS) is 12.1. The molecule has 1 atom stereocenters. The lowest BCUT2D eigenvalue weighted by Crippen LogP contribution is -2.12. The molecule has 1 unspecified atom stereocenters. The van der Waals surface area contributed by atoms with E-state index in [-0.39, 0.29) is 6.04 Å². The average Bonchev–Trinajstić information content (AvgIpc) is 2.39. The van der Waals surface area contributed by atoms with E-state index in [1.165, 1.54) is 0 Å². The molecule has 0 aromatic carbocycles. The Hall–Kier alpha value is -1.94. The van der Waals surface area contributed by atoms with E-state index in [0.29, 0.717) is 5.75 Å². The molecule has 4 nitrogen and oxygen atoms in total. The third kappa shape index (κ3) is 2.17. The summed E-state index contributed by atoms with van der Waals surface area (Å²) < 4.78 is 5.11. The molecule has 2 aromatic heterocycles. The maximum absolute atomic E-state index is 6.10. The highest BCUT2D eigenvalue weighted by molar-refractivity contribution is 5.32. The second-order valence-electron chi connectivity index (χ2n) is 3.42. The van der Waals surface area contributed by atoms with E-state index >= 15 is 0 Å². The van der Waals surface area contributed by atoms with Crippen LogP contribution < -0.4 is 10.5 Å². The van der Waals surface area contributed by atoms with Gasteiger partial charge in [0.25, 0.3) is 0 Å². The summed E-state index contributed by atoms with van der Waals surface area (Å²) in [7, 11) is 1.61. The van der Waals surface area contributed by atoms with Crippen LogP contribution in [0.4, 0.5) is 0 Å². The molecule has 16 heavy (non-hydrogen) atoms. The molecule has 0 radical (unpaired) electrons. The largest absolute Gasteiger partial charge is 0.495 e. The summed E-state index contributed by atoms with van der Waals surface area (Å²) >= 11 is 0. The molecule has 2 aromatic rings. The Balaban J connectivity index is 2.30. The van der Waals surface area contributed by atoms with Gasteiger partial charge in [-0.2, -0.15) is 0 Å². The van der Waals surface area contributed by atoms with Gasteiger partial charge in [0.15, 0.2) is 0 Å². The van der Waals surface area contributed by atoms with Crippen LogP contribution in [0.3, 0.4) is 0 Å². The predicted octanol–water partition coefficient (Wildman–Crippen LogP) is 1.53. The van der Waals surface area contributed by atoms with Crippen LogP contribution in [-0.4, -0.2) is 17.1 Å². The number of nitrogens with two attached hydrogens (primary N) is 1. The predicted molar refractivity (Wildman–Crippen MR) is 61.1 cm³/mol. The maximum atomic E-state index is 6.10. The van der Waals surface area contributed by atoms with Crippen molar-refractivity contribution < 1.29 is 4.74 Å². The van der Waals surface area contributed by atoms with Crippen LogP contribution in [-0.2, 0) is 0 Å². The van der Waals surface area contributed by atoms with Gasteiger partial charge >= 0.3 is 0 Å². The summed E-state index contributed by atoms with van der Waals surface area (Å²) in [5, 5.41) is 0. The van der Waals surface area contributed by atoms with Crippen molar-refractivity contribution in [2.75, 3.05) is 7.11 Å². The van der Waals surface area contributed by atoms with E-state index in [1.54, 1.807) is 31.9 Å². The fourth-order valence-electron chi connectivity index (χ4n) is 1.47. The van der Waals surface area contributed by atoms with Crippen LogP contribution in [0.15, 0.2) is 43.0 Å². The van der Waals surface area contributed by atoms with Crippen molar-refractivity contribution in [1.82, 2.24) is 9.97 Å². The van der Waals surface area contributed by atoms with Crippen molar-refractivity contribution >= 4 is 0 Å². The molecule has 0 amide bonds. The molecule has 2 rings (SSSR count). The Bertz CT molecular complexity index is 459. The van der Waals surface area contributed by atoms with E-state index in [4.69, 9.17) is 10.5 Å². The highest BCUT2D eigenvalue weighted by Crippen LogP contribution is 2.20. The average molecular weight is 215 g/mol. The van der Waals surface area contributed by atoms with E-state index in [9.17, 15) is 0 Å². The minimum absolute atomic E-state index is 0.226. The van der Waals surface area contributed by atoms with E-state index in [1.807, 2.05) is 18.2 Å². The Morgan fingerprint density at radius 3 is 2.69 bits per heavy atom. The van der Waals surface area contributed by atoms with Gasteiger partial charge in [0.05, 0.1) is 19.3 Å². The smallest absolute Gasteiger partial charge is 0.137 e. The number of hydrogen-bond donors (Lipinski definition) is 1. The molecule has 2 heterocycles. The van der Waals surface area contributed by atoms with Crippen molar-refractivity contribution in [3.63, 3.8) is 0 Å². The Labute approximate surface area is 94.1 Å². The third-order valence-electron chi connectivity index (χ3n) is 2.37. The number of pyridine rings is 2. The molecule has 0 saturated carbocycles. The van der Waals surface area contributed by atoms with Crippen molar-refractivity contribution in [3.8, 4) is 5.75 Å². The zero-order valence-electron chi connectivity index (χ0n) is 9.00. The lowest BCUT2D eigenvalue weighted by molar-refractivity contribution is 0.412. The number of methoxy groups -OCH3 is 1. The highest BCUT2D eigenvalue weighted by Gasteiger charge is 2.09. The topological polar surface area (TPSA) is 61.0 Å². The van der Waals surface area contributed by atoms with Crippen LogP contribution in [0.1, 0.15) is 17.2 Å². The number of rotatable bonds is 3. The van der Waals surface area contributed by atoms with Crippen LogP contribution >= 0.6 is 0 Å². The van der Waals surface area contributed by atoms with Gasteiger partial charge in [-0.05, 0) is 23.3 Å². The van der Waals surface area contributed by atoms with Crippen LogP contribution in [0, 0.1) is 0 Å². The molecule has 0 aliphatic carbocycles. The first-order chi connectivity index (χ1) is 7.81. The first-order valence-electron chi connectivity index (χ1n) is 4.95. The fraction of sp³-hybridized carbons (Fsp3) is 0.167. The summed E-state index contributed by atoms with van der Waals surface area (Å²) in [6.45, 7) is 0. The Kier molecular flexibility index (Phi) is 3.12. The Morgan fingerprint density at radius 1 is 1.19 bits per heavy atom. The van der Waals surface area contributed by atoms with E-state index in [0.717, 1.165) is 11.1 Å². The fourth-order valence-corrected chi connectivity index (χ4v) is 1.47. The molecule has 0 saturated heterocycles. The van der Waals surface area contributed by atoms with Crippen molar-refractivity contribution in [1.29, 1.82) is 0 Å². The standard InChI is InChI=1S/C12H13N3O/c1-16-11-5-10(7-15-8-11)12(13)9-3-2-4-14-6-9/h2-8,12H,13H2,1H3. The van der Waals surface area contributed by atoms with Gasteiger partial charge in [-0.15, -0.1) is 0 Å². The molecular weight excluding hydrogens is 202 g/mol. The summed E-state index contributed by atoms with van der Waals surface area (Å²) in [6.07, 6.45) is 6.86.